The fourth-order valence-corrected chi connectivity index (χ4v) is 3.56. The number of nitrogens with one attached hydrogen (secondary N) is 1. The number of alkyl halides is 1. The van der Waals surface area contributed by atoms with Gasteiger partial charge < -0.3 is 5.32 Å². The largest absolute Gasteiger partial charge is 0.353 e. The Bertz CT molecular complexity index is 421. The van der Waals surface area contributed by atoms with Crippen molar-refractivity contribution in [3.8, 4) is 0 Å². The summed E-state index contributed by atoms with van der Waals surface area (Å²) in [5.41, 5.74) is 0.859. The van der Waals surface area contributed by atoms with Crippen molar-refractivity contribution in [1.29, 1.82) is 0 Å². The second-order valence-corrected chi connectivity index (χ2v) is 6.63. The molecule has 1 aliphatic rings. The molecule has 2 rings (SSSR count). The van der Waals surface area contributed by atoms with Crippen LogP contribution in [0.4, 0.5) is 0 Å². The van der Waals surface area contributed by atoms with Gasteiger partial charge in [0.15, 0.2) is 0 Å². The maximum Gasteiger partial charge on any atom is 0.227 e. The maximum atomic E-state index is 12.0. The van der Waals surface area contributed by atoms with Crippen molar-refractivity contribution in [3.63, 3.8) is 0 Å². The number of thiazole rings is 1. The summed E-state index contributed by atoms with van der Waals surface area (Å²) in [5.74, 6) is 1.31. The van der Waals surface area contributed by atoms with Crippen LogP contribution in [0, 0.1) is 5.92 Å². The fraction of sp³-hybridized carbons (Fsp3) is 0.714. The molecule has 1 saturated carbocycles. The Morgan fingerprint density at radius 1 is 1.47 bits per heavy atom. The zero-order chi connectivity index (χ0) is 13.7. The first-order chi connectivity index (χ1) is 9.17. The third-order valence-electron chi connectivity index (χ3n) is 3.67. The van der Waals surface area contributed by atoms with Crippen molar-refractivity contribution < 1.29 is 4.79 Å². The van der Waals surface area contributed by atoms with Crippen molar-refractivity contribution >= 4 is 28.8 Å². The number of rotatable bonds is 4. The quantitative estimate of drug-likeness (QED) is 0.683. The molecule has 2 atom stereocenters. The fourth-order valence-electron chi connectivity index (χ4n) is 2.54. The lowest BCUT2D eigenvalue weighted by Crippen LogP contribution is -2.35. The Labute approximate surface area is 123 Å². The normalized spacial score (nSPS) is 23.9. The van der Waals surface area contributed by atoms with Crippen molar-refractivity contribution in [2.45, 2.75) is 57.4 Å². The first kappa shape index (κ1) is 14.8. The lowest BCUT2D eigenvalue weighted by Gasteiger charge is -2.15. The van der Waals surface area contributed by atoms with Gasteiger partial charge in [-0.25, -0.2) is 4.98 Å². The number of halogens is 1. The highest BCUT2D eigenvalue weighted by Crippen LogP contribution is 2.22. The number of nitrogens with zero attached hydrogens (tertiary/aromatic N) is 1. The van der Waals surface area contributed by atoms with Gasteiger partial charge in [-0.15, -0.1) is 22.9 Å². The minimum absolute atomic E-state index is 0.0926. The average Bonchev–Trinajstić information content (AvgIpc) is 2.73. The van der Waals surface area contributed by atoms with Crippen LogP contribution >= 0.6 is 22.9 Å². The number of amides is 1. The molecule has 1 N–H and O–H groups in total. The molecule has 0 saturated heterocycles. The smallest absolute Gasteiger partial charge is 0.227 e. The van der Waals surface area contributed by atoms with E-state index >= 15 is 0 Å². The van der Waals surface area contributed by atoms with Gasteiger partial charge in [-0.3, -0.25) is 4.79 Å². The number of hydrogen-bond acceptors (Lipinski definition) is 3. The summed E-state index contributed by atoms with van der Waals surface area (Å²) in [5, 5.41) is 5.93. The summed E-state index contributed by atoms with van der Waals surface area (Å²) in [6, 6.07) is 0.352. The van der Waals surface area contributed by atoms with E-state index in [1.54, 1.807) is 0 Å². The van der Waals surface area contributed by atoms with E-state index in [0.29, 0.717) is 18.3 Å². The minimum Gasteiger partial charge on any atom is -0.353 e. The summed E-state index contributed by atoms with van der Waals surface area (Å²) in [7, 11) is 0. The van der Waals surface area contributed by atoms with E-state index in [1.807, 2.05) is 5.38 Å². The molecule has 1 aromatic heterocycles. The molecule has 106 valence electrons. The Morgan fingerprint density at radius 3 is 3.05 bits per heavy atom. The monoisotopic (exact) mass is 300 g/mol. The summed E-state index contributed by atoms with van der Waals surface area (Å²) in [6.45, 7) is 2.30. The molecular weight excluding hydrogens is 280 g/mol. The number of aromatic nitrogens is 1. The molecule has 0 spiro atoms. The molecule has 3 nitrogen and oxygen atoms in total. The summed E-state index contributed by atoms with van der Waals surface area (Å²) in [6.07, 6.45) is 6.34. The van der Waals surface area contributed by atoms with Crippen LogP contribution in [0.3, 0.4) is 0 Å². The number of carbonyl (C=O) groups is 1. The predicted octanol–water partition coefficient (Wildman–Crippen LogP) is 3.51. The highest BCUT2D eigenvalue weighted by Gasteiger charge is 2.18. The second-order valence-electron chi connectivity index (χ2n) is 5.42. The number of hydrogen-bond donors (Lipinski definition) is 1. The Morgan fingerprint density at radius 2 is 2.32 bits per heavy atom. The SMILES string of the molecule is CC1CCCC(NC(=O)Cc2nc(CCl)cs2)CC1. The maximum absolute atomic E-state index is 12.0. The molecule has 19 heavy (non-hydrogen) atoms. The molecule has 0 radical (unpaired) electrons. The Hall–Kier alpha value is -0.610. The van der Waals surface area contributed by atoms with E-state index < -0.39 is 0 Å². The summed E-state index contributed by atoms with van der Waals surface area (Å²) in [4.78, 5) is 16.3. The van der Waals surface area contributed by atoms with E-state index in [2.05, 4.69) is 17.2 Å². The topological polar surface area (TPSA) is 42.0 Å². The summed E-state index contributed by atoms with van der Waals surface area (Å²) >= 11 is 7.22. The molecule has 2 unspecified atom stereocenters. The molecule has 0 bridgehead atoms. The van der Waals surface area contributed by atoms with Crippen molar-refractivity contribution in [1.82, 2.24) is 10.3 Å². The van der Waals surface area contributed by atoms with Gasteiger partial charge in [0, 0.05) is 11.4 Å². The molecule has 5 heteroatoms. The Kier molecular flexibility index (Phi) is 5.64. The van der Waals surface area contributed by atoms with Gasteiger partial charge in [0.2, 0.25) is 5.91 Å². The van der Waals surface area contributed by atoms with E-state index in [-0.39, 0.29) is 5.91 Å². The van der Waals surface area contributed by atoms with Crippen molar-refractivity contribution in [2.75, 3.05) is 0 Å². The van der Waals surface area contributed by atoms with Crippen LogP contribution < -0.4 is 5.32 Å². The molecular formula is C14H21ClN2OS. The van der Waals surface area contributed by atoms with Gasteiger partial charge in [-0.1, -0.05) is 19.8 Å². The van der Waals surface area contributed by atoms with Gasteiger partial charge >= 0.3 is 0 Å². The zero-order valence-corrected chi connectivity index (χ0v) is 12.9. The molecule has 1 amide bonds. The third kappa shape index (κ3) is 4.77. The zero-order valence-electron chi connectivity index (χ0n) is 11.3. The van der Waals surface area contributed by atoms with Crippen LogP contribution in [0.5, 0.6) is 0 Å². The van der Waals surface area contributed by atoms with E-state index in [4.69, 9.17) is 11.6 Å². The van der Waals surface area contributed by atoms with Gasteiger partial charge in [0.25, 0.3) is 0 Å². The van der Waals surface area contributed by atoms with Crippen LogP contribution in [0.25, 0.3) is 0 Å². The van der Waals surface area contributed by atoms with Crippen LogP contribution in [0.2, 0.25) is 0 Å². The molecule has 1 fully saturated rings. The van der Waals surface area contributed by atoms with Crippen molar-refractivity contribution in [2.24, 2.45) is 5.92 Å². The van der Waals surface area contributed by atoms with Gasteiger partial charge in [-0.05, 0) is 25.2 Å². The standard InChI is InChI=1S/C14H21ClN2OS/c1-10-3-2-4-11(6-5-10)16-13(18)7-14-17-12(8-15)9-19-14/h9-11H,2-8H2,1H3,(H,16,18). The minimum atomic E-state index is 0.0926. The molecule has 1 aromatic rings. The van der Waals surface area contributed by atoms with Crippen LogP contribution in [-0.4, -0.2) is 16.9 Å². The van der Waals surface area contributed by atoms with Crippen LogP contribution in [0.1, 0.15) is 49.7 Å². The molecule has 1 aliphatic carbocycles. The highest BCUT2D eigenvalue weighted by atomic mass is 35.5. The van der Waals surface area contributed by atoms with E-state index in [1.165, 1.54) is 30.6 Å². The van der Waals surface area contributed by atoms with Gasteiger partial charge in [0.1, 0.15) is 5.01 Å². The predicted molar refractivity (Wildman–Crippen MR) is 79.6 cm³/mol. The average molecular weight is 301 g/mol. The highest BCUT2D eigenvalue weighted by molar-refractivity contribution is 7.09. The Balaban J connectivity index is 1.80. The third-order valence-corrected chi connectivity index (χ3v) is 4.84. The first-order valence-corrected chi connectivity index (χ1v) is 8.37. The van der Waals surface area contributed by atoms with Gasteiger partial charge in [-0.2, -0.15) is 0 Å². The summed E-state index contributed by atoms with van der Waals surface area (Å²) < 4.78 is 0. The van der Waals surface area contributed by atoms with E-state index in [9.17, 15) is 4.79 Å². The van der Waals surface area contributed by atoms with Crippen molar-refractivity contribution in [3.05, 3.63) is 16.1 Å². The first-order valence-electron chi connectivity index (χ1n) is 6.96. The lowest BCUT2D eigenvalue weighted by molar-refractivity contribution is -0.121. The van der Waals surface area contributed by atoms with Gasteiger partial charge in [0.05, 0.1) is 18.0 Å². The van der Waals surface area contributed by atoms with Crippen LogP contribution in [0.15, 0.2) is 5.38 Å². The molecule has 0 aliphatic heterocycles. The van der Waals surface area contributed by atoms with E-state index in [0.717, 1.165) is 29.5 Å². The second kappa shape index (κ2) is 7.25. The molecule has 1 heterocycles. The van der Waals surface area contributed by atoms with Crippen LogP contribution in [-0.2, 0) is 17.1 Å². The molecule has 0 aromatic carbocycles. The lowest BCUT2D eigenvalue weighted by atomic mass is 10.0. The number of carbonyl (C=O) groups excluding carboxylic acids is 1.